The van der Waals surface area contributed by atoms with Gasteiger partial charge in [-0.1, -0.05) is 23.7 Å². The molecule has 2 heterocycles. The Hall–Kier alpha value is -2.57. The molecule has 0 aliphatic carbocycles. The Kier molecular flexibility index (Phi) is 5.97. The molecular weight excluding hydrogens is 404 g/mol. The van der Waals surface area contributed by atoms with Crippen LogP contribution < -0.4 is 9.47 Å². The summed E-state index contributed by atoms with van der Waals surface area (Å²) in [4.78, 5) is 0. The smallest absolute Gasteiger partial charge is 0.247 e. The van der Waals surface area contributed by atoms with Gasteiger partial charge in [-0.05, 0) is 62.6 Å². The van der Waals surface area contributed by atoms with Crippen molar-refractivity contribution >= 4 is 11.6 Å². The van der Waals surface area contributed by atoms with E-state index in [4.69, 9.17) is 30.2 Å². The van der Waals surface area contributed by atoms with Gasteiger partial charge in [0.2, 0.25) is 11.8 Å². The van der Waals surface area contributed by atoms with Crippen LogP contribution in [0.2, 0.25) is 5.02 Å². The van der Waals surface area contributed by atoms with Gasteiger partial charge < -0.3 is 18.6 Å². The summed E-state index contributed by atoms with van der Waals surface area (Å²) in [5.74, 6) is 2.33. The quantitative estimate of drug-likeness (QED) is 0.532. The number of aromatic nitrogens is 2. The first-order valence-corrected chi connectivity index (χ1v) is 10.4. The van der Waals surface area contributed by atoms with E-state index in [1.165, 1.54) is 0 Å². The van der Waals surface area contributed by atoms with Gasteiger partial charge in [0.1, 0.15) is 0 Å². The van der Waals surface area contributed by atoms with Gasteiger partial charge in [-0.25, -0.2) is 0 Å². The van der Waals surface area contributed by atoms with E-state index in [2.05, 4.69) is 10.2 Å². The normalized spacial score (nSPS) is 15.9. The zero-order valence-electron chi connectivity index (χ0n) is 17.4. The molecule has 0 N–H and O–H groups in total. The van der Waals surface area contributed by atoms with Crippen LogP contribution >= 0.6 is 11.6 Å². The number of hydrogen-bond acceptors (Lipinski definition) is 6. The van der Waals surface area contributed by atoms with Crippen molar-refractivity contribution in [3.63, 3.8) is 0 Å². The van der Waals surface area contributed by atoms with Crippen LogP contribution in [0.3, 0.4) is 0 Å². The van der Waals surface area contributed by atoms with Crippen molar-refractivity contribution < 1.29 is 18.6 Å². The molecule has 0 radical (unpaired) electrons. The molecule has 0 spiro atoms. The standard InChI is InChI=1S/C23H25ClN2O4/c1-15(2)29-19-9-4-16(14-20(19)27-3)21-25-26-22(30-21)23(10-12-28-13-11-23)17-5-7-18(24)8-6-17/h4-9,14-15H,10-13H2,1-3H3. The van der Waals surface area contributed by atoms with E-state index in [1.54, 1.807) is 7.11 Å². The molecular formula is C23H25ClN2O4. The molecule has 158 valence electrons. The van der Waals surface area contributed by atoms with Gasteiger partial charge in [0.25, 0.3) is 0 Å². The summed E-state index contributed by atoms with van der Waals surface area (Å²) in [6.07, 6.45) is 1.58. The molecule has 1 saturated heterocycles. The predicted octanol–water partition coefficient (Wildman–Crippen LogP) is 5.28. The van der Waals surface area contributed by atoms with Gasteiger partial charge in [-0.3, -0.25) is 0 Å². The van der Waals surface area contributed by atoms with Gasteiger partial charge >= 0.3 is 0 Å². The number of ether oxygens (including phenoxy) is 3. The van der Waals surface area contributed by atoms with Crippen LogP contribution in [0.25, 0.3) is 11.5 Å². The second kappa shape index (κ2) is 8.66. The Morgan fingerprint density at radius 1 is 1.00 bits per heavy atom. The van der Waals surface area contributed by atoms with Gasteiger partial charge in [-0.15, -0.1) is 10.2 Å². The maximum absolute atomic E-state index is 6.21. The molecule has 2 aromatic carbocycles. The van der Waals surface area contributed by atoms with Crippen molar-refractivity contribution in [3.8, 4) is 23.0 Å². The number of nitrogens with zero attached hydrogens (tertiary/aromatic N) is 2. The molecule has 1 aromatic heterocycles. The van der Waals surface area contributed by atoms with E-state index in [1.807, 2.05) is 56.3 Å². The molecule has 6 nitrogen and oxygen atoms in total. The van der Waals surface area contributed by atoms with Crippen LogP contribution in [0.4, 0.5) is 0 Å². The SMILES string of the molecule is COc1cc(-c2nnc(C3(c4ccc(Cl)cc4)CCOCC3)o2)ccc1OC(C)C. The third kappa shape index (κ3) is 4.02. The Labute approximate surface area is 181 Å². The lowest BCUT2D eigenvalue weighted by molar-refractivity contribution is 0.0546. The van der Waals surface area contributed by atoms with Gasteiger partial charge in [0.05, 0.1) is 18.6 Å². The van der Waals surface area contributed by atoms with Crippen molar-refractivity contribution in [2.45, 2.75) is 38.2 Å². The summed E-state index contributed by atoms with van der Waals surface area (Å²) in [5, 5.41) is 9.47. The number of hydrogen-bond donors (Lipinski definition) is 0. The predicted molar refractivity (Wildman–Crippen MR) is 114 cm³/mol. The van der Waals surface area contributed by atoms with E-state index >= 15 is 0 Å². The molecule has 0 bridgehead atoms. The van der Waals surface area contributed by atoms with Crippen molar-refractivity contribution in [1.29, 1.82) is 0 Å². The highest BCUT2D eigenvalue weighted by molar-refractivity contribution is 6.30. The molecule has 1 fully saturated rings. The van der Waals surface area contributed by atoms with Gasteiger partial charge in [-0.2, -0.15) is 0 Å². The fraction of sp³-hybridized carbons (Fsp3) is 0.391. The Bertz CT molecular complexity index is 995. The maximum Gasteiger partial charge on any atom is 0.247 e. The Morgan fingerprint density at radius 2 is 1.73 bits per heavy atom. The van der Waals surface area contributed by atoms with Crippen LogP contribution in [0.1, 0.15) is 38.1 Å². The number of methoxy groups -OCH3 is 1. The zero-order valence-corrected chi connectivity index (χ0v) is 18.1. The molecule has 4 rings (SSSR count). The average molecular weight is 429 g/mol. The monoisotopic (exact) mass is 428 g/mol. The molecule has 7 heteroatoms. The molecule has 30 heavy (non-hydrogen) atoms. The summed E-state index contributed by atoms with van der Waals surface area (Å²) >= 11 is 6.10. The van der Waals surface area contributed by atoms with E-state index in [9.17, 15) is 0 Å². The summed E-state index contributed by atoms with van der Waals surface area (Å²) in [6, 6.07) is 13.5. The first-order chi connectivity index (χ1) is 14.5. The second-order valence-electron chi connectivity index (χ2n) is 7.65. The third-order valence-electron chi connectivity index (χ3n) is 5.35. The molecule has 0 atom stereocenters. The molecule has 0 amide bonds. The molecule has 3 aromatic rings. The Balaban J connectivity index is 1.70. The van der Waals surface area contributed by atoms with E-state index in [0.717, 1.165) is 24.0 Å². The fourth-order valence-corrected chi connectivity index (χ4v) is 3.93. The average Bonchev–Trinajstić information content (AvgIpc) is 3.25. The van der Waals surface area contributed by atoms with E-state index in [-0.39, 0.29) is 6.10 Å². The van der Waals surface area contributed by atoms with Crippen LogP contribution in [-0.4, -0.2) is 36.6 Å². The summed E-state index contributed by atoms with van der Waals surface area (Å²) in [5.41, 5.74) is 1.49. The Morgan fingerprint density at radius 3 is 2.40 bits per heavy atom. The lowest BCUT2D eigenvalue weighted by Crippen LogP contribution is -2.35. The van der Waals surface area contributed by atoms with Crippen LogP contribution in [-0.2, 0) is 10.2 Å². The molecule has 0 saturated carbocycles. The van der Waals surface area contributed by atoms with Crippen molar-refractivity contribution in [1.82, 2.24) is 10.2 Å². The van der Waals surface area contributed by atoms with Crippen molar-refractivity contribution in [2.75, 3.05) is 20.3 Å². The van der Waals surface area contributed by atoms with Gasteiger partial charge in [0.15, 0.2) is 11.5 Å². The summed E-state index contributed by atoms with van der Waals surface area (Å²) < 4.78 is 23.1. The molecule has 1 aliphatic rings. The third-order valence-corrected chi connectivity index (χ3v) is 5.60. The highest BCUT2D eigenvalue weighted by Crippen LogP contribution is 2.42. The largest absolute Gasteiger partial charge is 0.493 e. The number of halogens is 1. The highest BCUT2D eigenvalue weighted by Gasteiger charge is 2.41. The summed E-state index contributed by atoms with van der Waals surface area (Å²) in [6.45, 7) is 5.22. The van der Waals surface area contributed by atoms with Crippen molar-refractivity contribution in [3.05, 3.63) is 58.9 Å². The lowest BCUT2D eigenvalue weighted by atomic mass is 9.74. The number of benzene rings is 2. The second-order valence-corrected chi connectivity index (χ2v) is 8.08. The molecule has 1 aliphatic heterocycles. The van der Waals surface area contributed by atoms with Gasteiger partial charge in [0, 0.05) is 23.8 Å². The van der Waals surface area contributed by atoms with Crippen LogP contribution in [0, 0.1) is 0 Å². The minimum Gasteiger partial charge on any atom is -0.493 e. The van der Waals surface area contributed by atoms with Crippen LogP contribution in [0.5, 0.6) is 11.5 Å². The van der Waals surface area contributed by atoms with Crippen molar-refractivity contribution in [2.24, 2.45) is 0 Å². The fourth-order valence-electron chi connectivity index (χ4n) is 3.80. The minimum atomic E-state index is -0.390. The van der Waals surface area contributed by atoms with E-state index in [0.29, 0.717) is 41.5 Å². The maximum atomic E-state index is 6.21. The first-order valence-electron chi connectivity index (χ1n) is 10.0. The lowest BCUT2D eigenvalue weighted by Gasteiger charge is -2.34. The topological polar surface area (TPSA) is 66.6 Å². The number of rotatable bonds is 6. The van der Waals surface area contributed by atoms with E-state index < -0.39 is 5.41 Å². The zero-order chi connectivity index (χ0) is 21.1. The highest BCUT2D eigenvalue weighted by atomic mass is 35.5. The molecule has 0 unspecified atom stereocenters. The first kappa shape index (κ1) is 20.7. The van der Waals surface area contributed by atoms with Crippen LogP contribution in [0.15, 0.2) is 46.9 Å². The minimum absolute atomic E-state index is 0.0486. The summed E-state index contributed by atoms with van der Waals surface area (Å²) in [7, 11) is 1.61.